The molecule has 3 heteroatoms. The van der Waals surface area contributed by atoms with Gasteiger partial charge in [-0.2, -0.15) is 0 Å². The van der Waals surface area contributed by atoms with Crippen molar-refractivity contribution < 1.29 is 9.53 Å². The van der Waals surface area contributed by atoms with Gasteiger partial charge >= 0.3 is 6.09 Å². The van der Waals surface area contributed by atoms with Crippen LogP contribution in [0.25, 0.3) is 0 Å². The summed E-state index contributed by atoms with van der Waals surface area (Å²) in [5.74, 6) is 0.757. The summed E-state index contributed by atoms with van der Waals surface area (Å²) in [4.78, 5) is 14.3. The fourth-order valence-electron chi connectivity index (χ4n) is 3.38. The van der Waals surface area contributed by atoms with E-state index in [2.05, 4.69) is 24.3 Å². The molecule has 0 N–H and O–H groups in total. The largest absolute Gasteiger partial charge is 0.444 e. The Kier molecular flexibility index (Phi) is 4.16. The van der Waals surface area contributed by atoms with Crippen LogP contribution in [0.5, 0.6) is 0 Å². The fraction of sp³-hybridized carbons (Fsp3) is 0.632. The Hall–Kier alpha value is -1.51. The monoisotopic (exact) mass is 301 g/mol. The SMILES string of the molecule is CC(C)(C)OC(=O)N1CCCC1Cc1ccccc1C1CC1. The van der Waals surface area contributed by atoms with E-state index in [0.717, 1.165) is 31.7 Å². The maximum atomic E-state index is 12.4. The standard InChI is InChI=1S/C19H27NO2/c1-19(2,3)22-18(21)20-12-6-8-16(20)13-15-7-4-5-9-17(15)14-10-11-14/h4-5,7,9,14,16H,6,8,10-13H2,1-3H3. The van der Waals surface area contributed by atoms with Crippen LogP contribution in [0.4, 0.5) is 4.79 Å². The van der Waals surface area contributed by atoms with Crippen LogP contribution >= 0.6 is 0 Å². The van der Waals surface area contributed by atoms with Gasteiger partial charge in [-0.05, 0) is 69.9 Å². The first-order chi connectivity index (χ1) is 10.4. The van der Waals surface area contributed by atoms with Gasteiger partial charge < -0.3 is 9.64 Å². The van der Waals surface area contributed by atoms with Crippen molar-refractivity contribution in [3.63, 3.8) is 0 Å². The molecule has 3 rings (SSSR count). The third kappa shape index (κ3) is 3.63. The second-order valence-electron chi connectivity index (χ2n) is 7.65. The van der Waals surface area contributed by atoms with Gasteiger partial charge in [-0.25, -0.2) is 4.79 Å². The minimum absolute atomic E-state index is 0.154. The molecule has 1 atom stereocenters. The number of nitrogens with zero attached hydrogens (tertiary/aromatic N) is 1. The zero-order chi connectivity index (χ0) is 15.7. The van der Waals surface area contributed by atoms with E-state index in [9.17, 15) is 4.79 Å². The Morgan fingerprint density at radius 3 is 2.64 bits per heavy atom. The molecule has 1 aliphatic heterocycles. The highest BCUT2D eigenvalue weighted by Gasteiger charge is 2.33. The van der Waals surface area contributed by atoms with Crippen molar-refractivity contribution in [2.45, 2.75) is 70.4 Å². The fourth-order valence-corrected chi connectivity index (χ4v) is 3.38. The molecule has 1 saturated carbocycles. The number of hydrogen-bond donors (Lipinski definition) is 0. The smallest absolute Gasteiger partial charge is 0.410 e. The minimum Gasteiger partial charge on any atom is -0.444 e. The van der Waals surface area contributed by atoms with Crippen LogP contribution in [0.2, 0.25) is 0 Å². The second-order valence-corrected chi connectivity index (χ2v) is 7.65. The van der Waals surface area contributed by atoms with Crippen LogP contribution in [0.1, 0.15) is 63.5 Å². The first kappa shape index (κ1) is 15.4. The molecule has 1 aliphatic carbocycles. The zero-order valence-electron chi connectivity index (χ0n) is 14.0. The van der Waals surface area contributed by atoms with Gasteiger partial charge in [-0.3, -0.25) is 0 Å². The Labute approximate surface area is 133 Å². The molecule has 120 valence electrons. The lowest BCUT2D eigenvalue weighted by Crippen LogP contribution is -2.40. The molecular formula is C19H27NO2. The number of carbonyl (C=O) groups is 1. The molecule has 2 aliphatic rings. The Morgan fingerprint density at radius 1 is 1.23 bits per heavy atom. The first-order valence-corrected chi connectivity index (χ1v) is 8.51. The summed E-state index contributed by atoms with van der Waals surface area (Å²) < 4.78 is 5.57. The molecule has 1 amide bonds. The maximum Gasteiger partial charge on any atom is 0.410 e. The molecule has 0 bridgehead atoms. The Bertz CT molecular complexity index is 543. The first-order valence-electron chi connectivity index (χ1n) is 8.51. The molecule has 1 unspecified atom stereocenters. The van der Waals surface area contributed by atoms with Crippen LogP contribution < -0.4 is 0 Å². The summed E-state index contributed by atoms with van der Waals surface area (Å²) in [6, 6.07) is 9.04. The lowest BCUT2D eigenvalue weighted by atomic mass is 9.96. The van der Waals surface area contributed by atoms with E-state index < -0.39 is 5.60 Å². The highest BCUT2D eigenvalue weighted by atomic mass is 16.6. The van der Waals surface area contributed by atoms with Gasteiger partial charge in [0.15, 0.2) is 0 Å². The summed E-state index contributed by atoms with van der Waals surface area (Å²) in [5.41, 5.74) is 2.50. The number of likely N-dealkylation sites (tertiary alicyclic amines) is 1. The Balaban J connectivity index is 1.70. The number of amides is 1. The van der Waals surface area contributed by atoms with E-state index >= 15 is 0 Å². The summed E-state index contributed by atoms with van der Waals surface area (Å²) in [7, 11) is 0. The van der Waals surface area contributed by atoms with Crippen molar-refractivity contribution in [2.24, 2.45) is 0 Å². The van der Waals surface area contributed by atoms with Crippen molar-refractivity contribution in [2.75, 3.05) is 6.54 Å². The van der Waals surface area contributed by atoms with Crippen molar-refractivity contribution in [3.8, 4) is 0 Å². The van der Waals surface area contributed by atoms with Crippen molar-refractivity contribution >= 4 is 6.09 Å². The molecule has 1 heterocycles. The van der Waals surface area contributed by atoms with Gasteiger partial charge in [0.2, 0.25) is 0 Å². The molecule has 1 aromatic carbocycles. The predicted octanol–water partition coefficient (Wildman–Crippen LogP) is 4.51. The molecule has 1 saturated heterocycles. The van der Waals surface area contributed by atoms with Crippen molar-refractivity contribution in [1.82, 2.24) is 4.90 Å². The second kappa shape index (κ2) is 5.94. The molecular weight excluding hydrogens is 274 g/mol. The Morgan fingerprint density at radius 2 is 1.95 bits per heavy atom. The van der Waals surface area contributed by atoms with Gasteiger partial charge in [0.05, 0.1) is 0 Å². The van der Waals surface area contributed by atoms with E-state index in [4.69, 9.17) is 4.74 Å². The topological polar surface area (TPSA) is 29.5 Å². The average molecular weight is 301 g/mol. The highest BCUT2D eigenvalue weighted by molar-refractivity contribution is 5.69. The third-order valence-corrected chi connectivity index (χ3v) is 4.53. The molecule has 0 spiro atoms. The molecule has 0 aromatic heterocycles. The molecule has 3 nitrogen and oxygen atoms in total. The van der Waals surface area contributed by atoms with E-state index in [1.165, 1.54) is 24.0 Å². The van der Waals surface area contributed by atoms with Gasteiger partial charge in [0.1, 0.15) is 5.60 Å². The van der Waals surface area contributed by atoms with Crippen LogP contribution in [-0.4, -0.2) is 29.2 Å². The third-order valence-electron chi connectivity index (χ3n) is 4.53. The van der Waals surface area contributed by atoms with Gasteiger partial charge in [0, 0.05) is 12.6 Å². The van der Waals surface area contributed by atoms with Gasteiger partial charge in [-0.15, -0.1) is 0 Å². The zero-order valence-corrected chi connectivity index (χ0v) is 14.0. The number of ether oxygens (including phenoxy) is 1. The summed E-state index contributed by atoms with van der Waals surface area (Å²) in [6.07, 6.45) is 5.60. The van der Waals surface area contributed by atoms with E-state index in [-0.39, 0.29) is 12.1 Å². The normalized spacial score (nSPS) is 22.0. The van der Waals surface area contributed by atoms with Crippen molar-refractivity contribution in [3.05, 3.63) is 35.4 Å². The maximum absolute atomic E-state index is 12.4. The minimum atomic E-state index is -0.420. The van der Waals surface area contributed by atoms with Gasteiger partial charge in [0.25, 0.3) is 0 Å². The van der Waals surface area contributed by atoms with Gasteiger partial charge in [-0.1, -0.05) is 24.3 Å². The van der Waals surface area contributed by atoms with E-state index in [1.807, 2.05) is 25.7 Å². The molecule has 22 heavy (non-hydrogen) atoms. The predicted molar refractivity (Wildman–Crippen MR) is 88.1 cm³/mol. The van der Waals surface area contributed by atoms with E-state index in [0.29, 0.717) is 0 Å². The van der Waals surface area contributed by atoms with Crippen molar-refractivity contribution in [1.29, 1.82) is 0 Å². The number of benzene rings is 1. The number of rotatable bonds is 3. The molecule has 0 radical (unpaired) electrons. The van der Waals surface area contributed by atoms with Crippen LogP contribution in [0.3, 0.4) is 0 Å². The molecule has 2 fully saturated rings. The summed E-state index contributed by atoms with van der Waals surface area (Å²) >= 11 is 0. The van der Waals surface area contributed by atoms with E-state index in [1.54, 1.807) is 0 Å². The van der Waals surface area contributed by atoms with Crippen LogP contribution in [0.15, 0.2) is 24.3 Å². The average Bonchev–Trinajstić information content (AvgIpc) is 3.17. The lowest BCUT2D eigenvalue weighted by Gasteiger charge is -2.29. The number of carbonyl (C=O) groups excluding carboxylic acids is 1. The molecule has 1 aromatic rings. The quantitative estimate of drug-likeness (QED) is 0.822. The van der Waals surface area contributed by atoms with Crippen LogP contribution in [-0.2, 0) is 11.2 Å². The highest BCUT2D eigenvalue weighted by Crippen LogP contribution is 2.42. The summed E-state index contributed by atoms with van der Waals surface area (Å²) in [6.45, 7) is 6.61. The van der Waals surface area contributed by atoms with Crippen LogP contribution in [0, 0.1) is 0 Å². The summed E-state index contributed by atoms with van der Waals surface area (Å²) in [5, 5.41) is 0. The lowest BCUT2D eigenvalue weighted by molar-refractivity contribution is 0.0226. The number of hydrogen-bond acceptors (Lipinski definition) is 2.